The highest BCUT2D eigenvalue weighted by atomic mass is 16.5. The number of allylic oxidation sites excluding steroid dienone is 2. The Bertz CT molecular complexity index is 1050. The Hall–Kier alpha value is -3.10. The molecule has 0 saturated carbocycles. The van der Waals surface area contributed by atoms with E-state index in [4.69, 9.17) is 18.9 Å². The second kappa shape index (κ2) is 10.4. The Kier molecular flexibility index (Phi) is 7.38. The third kappa shape index (κ3) is 4.88. The van der Waals surface area contributed by atoms with Crippen molar-refractivity contribution in [3.8, 4) is 5.75 Å². The second-order valence-electron chi connectivity index (χ2n) is 8.63. The summed E-state index contributed by atoms with van der Waals surface area (Å²) in [7, 11) is 2.97. The smallest absolute Gasteiger partial charge is 0.250 e. The highest BCUT2D eigenvalue weighted by Gasteiger charge is 2.38. The van der Waals surface area contributed by atoms with Gasteiger partial charge in [-0.25, -0.2) is 0 Å². The van der Waals surface area contributed by atoms with Crippen molar-refractivity contribution in [2.75, 3.05) is 40.5 Å². The number of ether oxygens (including phenoxy) is 4. The lowest BCUT2D eigenvalue weighted by Gasteiger charge is -2.32. The number of Topliss-reactive ketones (excluding diaryl/α,β-unsaturated/α-hetero) is 1. The van der Waals surface area contributed by atoms with E-state index < -0.39 is 6.10 Å². The van der Waals surface area contributed by atoms with Crippen molar-refractivity contribution in [2.24, 2.45) is 0 Å². The summed E-state index contributed by atoms with van der Waals surface area (Å²) < 4.78 is 22.3. The van der Waals surface area contributed by atoms with Gasteiger partial charge in [-0.2, -0.15) is 0 Å². The summed E-state index contributed by atoms with van der Waals surface area (Å²) >= 11 is 0. The van der Waals surface area contributed by atoms with E-state index in [0.29, 0.717) is 48.8 Å². The Morgan fingerprint density at radius 3 is 2.79 bits per heavy atom. The summed E-state index contributed by atoms with van der Waals surface area (Å²) in [5, 5.41) is 3.00. The van der Waals surface area contributed by atoms with Crippen LogP contribution in [-0.4, -0.2) is 69.3 Å². The summed E-state index contributed by atoms with van der Waals surface area (Å²) in [6.07, 6.45) is 3.66. The topological polar surface area (TPSA) is 86.3 Å². The van der Waals surface area contributed by atoms with Crippen molar-refractivity contribution in [1.82, 2.24) is 10.2 Å². The highest BCUT2D eigenvalue weighted by Crippen LogP contribution is 2.33. The van der Waals surface area contributed by atoms with Gasteiger partial charge in [0.25, 0.3) is 0 Å². The third-order valence-electron chi connectivity index (χ3n) is 6.31. The summed E-state index contributed by atoms with van der Waals surface area (Å²) in [5.74, 6) is 0.619. The molecule has 0 spiro atoms. The predicted octanol–water partition coefficient (Wildman–Crippen LogP) is 2.42. The maximum absolute atomic E-state index is 13.4. The lowest BCUT2D eigenvalue weighted by atomic mass is 9.85. The molecule has 1 saturated heterocycles. The first-order valence-electron chi connectivity index (χ1n) is 11.6. The van der Waals surface area contributed by atoms with Gasteiger partial charge in [-0.1, -0.05) is 12.1 Å². The van der Waals surface area contributed by atoms with Crippen LogP contribution in [0.5, 0.6) is 5.75 Å². The number of likely N-dealkylation sites (N-methyl/N-ethyl adjacent to an activating group) is 1. The molecule has 4 rings (SSSR count). The molecule has 2 aliphatic heterocycles. The number of hydrogen-bond acceptors (Lipinski definition) is 7. The fraction of sp³-hybridized carbons (Fsp3) is 0.462. The van der Waals surface area contributed by atoms with E-state index in [1.807, 2.05) is 43.1 Å². The number of methoxy groups -OCH3 is 2. The van der Waals surface area contributed by atoms with Gasteiger partial charge in [0, 0.05) is 61.6 Å². The predicted molar refractivity (Wildman–Crippen MR) is 126 cm³/mol. The molecule has 1 fully saturated rings. The monoisotopic (exact) mass is 468 g/mol. The van der Waals surface area contributed by atoms with Crippen molar-refractivity contribution in [3.63, 3.8) is 0 Å². The van der Waals surface area contributed by atoms with Gasteiger partial charge in [0.1, 0.15) is 17.6 Å². The minimum absolute atomic E-state index is 0.0120. The Labute approximate surface area is 200 Å². The molecule has 182 valence electrons. The molecule has 0 radical (unpaired) electrons. The number of rotatable bonds is 8. The summed E-state index contributed by atoms with van der Waals surface area (Å²) in [4.78, 5) is 28.6. The molecular weight excluding hydrogens is 436 g/mol. The molecule has 8 nitrogen and oxygen atoms in total. The Balaban J connectivity index is 1.58. The van der Waals surface area contributed by atoms with Crippen molar-refractivity contribution < 1.29 is 28.5 Å². The van der Waals surface area contributed by atoms with Crippen LogP contribution in [0.2, 0.25) is 0 Å². The molecule has 1 aliphatic carbocycles. The first-order valence-corrected chi connectivity index (χ1v) is 11.6. The van der Waals surface area contributed by atoms with Crippen LogP contribution < -0.4 is 10.1 Å². The van der Waals surface area contributed by atoms with Gasteiger partial charge in [-0.05, 0) is 31.6 Å². The normalized spacial score (nSPS) is 22.2. The molecular formula is C26H32N2O6. The minimum atomic E-state index is -0.862. The lowest BCUT2D eigenvalue weighted by molar-refractivity contribution is -0.125. The number of aryl methyl sites for hydroxylation is 1. The number of fused-ring (bicyclic) bond motifs is 1. The van der Waals surface area contributed by atoms with Gasteiger partial charge in [0.05, 0.1) is 20.3 Å². The largest absolute Gasteiger partial charge is 0.498 e. The van der Waals surface area contributed by atoms with Gasteiger partial charge in [-0.3, -0.25) is 9.59 Å². The van der Waals surface area contributed by atoms with Crippen LogP contribution in [0.3, 0.4) is 0 Å². The van der Waals surface area contributed by atoms with Crippen molar-refractivity contribution >= 4 is 11.7 Å². The fourth-order valence-electron chi connectivity index (χ4n) is 4.42. The fourth-order valence-corrected chi connectivity index (χ4v) is 4.42. The maximum atomic E-state index is 13.4. The number of benzene rings is 1. The van der Waals surface area contributed by atoms with Crippen LogP contribution in [0.15, 0.2) is 53.0 Å². The standard InChI is InChI=1S/C26H32N2O6/c1-5-28-13-18-11-22(31-3)25(32-4)24(29)23(18)20(14-28)26(30)27-12-17-7-6-16(2)10-21(17)34-19-8-9-33-15-19/h6-7,10-11,13,19,25H,5,8-9,12,14-15H2,1-4H3,(H,27,30). The average Bonchev–Trinajstić information content (AvgIpc) is 3.35. The molecule has 0 bridgehead atoms. The van der Waals surface area contributed by atoms with Crippen molar-refractivity contribution in [1.29, 1.82) is 0 Å². The molecule has 8 heteroatoms. The van der Waals surface area contributed by atoms with Crippen LogP contribution in [-0.2, 0) is 30.3 Å². The lowest BCUT2D eigenvalue weighted by Crippen LogP contribution is -2.40. The molecule has 34 heavy (non-hydrogen) atoms. The summed E-state index contributed by atoms with van der Waals surface area (Å²) in [5.41, 5.74) is 3.43. The number of nitrogens with zero attached hydrogens (tertiary/aromatic N) is 1. The van der Waals surface area contributed by atoms with Crippen molar-refractivity contribution in [3.05, 3.63) is 64.1 Å². The third-order valence-corrected chi connectivity index (χ3v) is 6.31. The molecule has 1 N–H and O–H groups in total. The SMILES string of the molecule is CCN1C=C2C=C(OC)C(OC)C(=O)C2=C(C(=O)NCc2ccc(C)cc2OC2CCOC2)C1. The van der Waals surface area contributed by atoms with Crippen LogP contribution >= 0.6 is 0 Å². The number of ketones is 1. The quantitative estimate of drug-likeness (QED) is 0.627. The van der Waals surface area contributed by atoms with E-state index in [-0.39, 0.29) is 24.3 Å². The number of hydrogen-bond donors (Lipinski definition) is 1. The maximum Gasteiger partial charge on any atom is 0.250 e. The van der Waals surface area contributed by atoms with Gasteiger partial charge in [0.2, 0.25) is 11.7 Å². The number of carbonyl (C=O) groups excluding carboxylic acids is 2. The molecule has 3 aliphatic rings. The molecule has 2 heterocycles. The van der Waals surface area contributed by atoms with Gasteiger partial charge < -0.3 is 29.2 Å². The highest BCUT2D eigenvalue weighted by molar-refractivity contribution is 6.13. The zero-order valence-corrected chi connectivity index (χ0v) is 20.2. The molecule has 1 aromatic rings. The number of nitrogens with one attached hydrogen (secondary N) is 1. The second-order valence-corrected chi connectivity index (χ2v) is 8.63. The number of amides is 1. The molecule has 0 aromatic heterocycles. The zero-order valence-electron chi connectivity index (χ0n) is 20.2. The summed E-state index contributed by atoms with van der Waals surface area (Å²) in [6.45, 7) is 6.59. The molecule has 2 unspecified atom stereocenters. The van der Waals surface area contributed by atoms with E-state index in [2.05, 4.69) is 5.32 Å². The van der Waals surface area contributed by atoms with E-state index in [9.17, 15) is 9.59 Å². The molecule has 1 aromatic carbocycles. The van der Waals surface area contributed by atoms with Gasteiger partial charge in [0.15, 0.2) is 6.10 Å². The van der Waals surface area contributed by atoms with Gasteiger partial charge in [-0.15, -0.1) is 0 Å². The van der Waals surface area contributed by atoms with Crippen LogP contribution in [0.1, 0.15) is 24.5 Å². The van der Waals surface area contributed by atoms with Crippen LogP contribution in [0.4, 0.5) is 0 Å². The van der Waals surface area contributed by atoms with E-state index in [0.717, 1.165) is 23.3 Å². The van der Waals surface area contributed by atoms with Gasteiger partial charge >= 0.3 is 0 Å². The minimum Gasteiger partial charge on any atom is -0.498 e. The van der Waals surface area contributed by atoms with E-state index >= 15 is 0 Å². The number of carbonyl (C=O) groups is 2. The Morgan fingerprint density at radius 1 is 1.29 bits per heavy atom. The zero-order chi connectivity index (χ0) is 24.2. The first kappa shape index (κ1) is 24.0. The van der Waals surface area contributed by atoms with Crippen molar-refractivity contribution in [2.45, 2.75) is 39.0 Å². The molecule has 2 atom stereocenters. The Morgan fingerprint density at radius 2 is 2.12 bits per heavy atom. The van der Waals surface area contributed by atoms with Crippen LogP contribution in [0, 0.1) is 6.92 Å². The van der Waals surface area contributed by atoms with E-state index in [1.165, 1.54) is 14.2 Å². The molecule has 1 amide bonds. The van der Waals surface area contributed by atoms with E-state index in [1.54, 1.807) is 6.08 Å². The summed E-state index contributed by atoms with van der Waals surface area (Å²) in [6, 6.07) is 5.93. The first-order chi connectivity index (χ1) is 16.4. The average molecular weight is 469 g/mol. The van der Waals surface area contributed by atoms with Crippen LogP contribution in [0.25, 0.3) is 0 Å².